The zero-order valence-electron chi connectivity index (χ0n) is 11.6. The Hall–Kier alpha value is -1.10. The molecule has 5 nitrogen and oxygen atoms in total. The van der Waals surface area contributed by atoms with E-state index in [1.807, 2.05) is 27.7 Å². The number of amides is 1. The van der Waals surface area contributed by atoms with E-state index in [1.54, 1.807) is 0 Å². The van der Waals surface area contributed by atoms with Crippen LogP contribution in [0.4, 0.5) is 0 Å². The van der Waals surface area contributed by atoms with E-state index in [0.29, 0.717) is 6.54 Å². The Morgan fingerprint density at radius 3 is 2.39 bits per heavy atom. The summed E-state index contributed by atoms with van der Waals surface area (Å²) in [6.07, 6.45) is 1.52. The molecular weight excluding hydrogens is 232 g/mol. The molecule has 3 atom stereocenters. The lowest BCUT2D eigenvalue weighted by Crippen LogP contribution is -2.54. The number of nitrogens with two attached hydrogens (primary N) is 1. The van der Waals surface area contributed by atoms with Crippen LogP contribution in [-0.2, 0) is 9.59 Å². The molecule has 0 bridgehead atoms. The largest absolute Gasteiger partial charge is 0.480 e. The molecule has 1 amide bonds. The molecule has 0 unspecified atom stereocenters. The second-order valence-corrected chi connectivity index (χ2v) is 6.12. The van der Waals surface area contributed by atoms with Crippen LogP contribution in [0.3, 0.4) is 0 Å². The van der Waals surface area contributed by atoms with Gasteiger partial charge in [0.05, 0.1) is 6.04 Å². The number of hydrogen-bond acceptors (Lipinski definition) is 3. The number of carboxylic acids is 1. The van der Waals surface area contributed by atoms with Crippen molar-refractivity contribution < 1.29 is 14.7 Å². The summed E-state index contributed by atoms with van der Waals surface area (Å²) in [7, 11) is 0. The number of carbonyl (C=O) groups excluding carboxylic acids is 1. The van der Waals surface area contributed by atoms with Gasteiger partial charge in [0.1, 0.15) is 6.04 Å². The monoisotopic (exact) mass is 256 g/mol. The lowest BCUT2D eigenvalue weighted by Gasteiger charge is -2.32. The summed E-state index contributed by atoms with van der Waals surface area (Å²) in [5, 5.41) is 9.28. The molecule has 3 N–H and O–H groups in total. The molecule has 1 saturated heterocycles. The summed E-state index contributed by atoms with van der Waals surface area (Å²) in [5.41, 5.74) is 5.58. The van der Waals surface area contributed by atoms with Crippen molar-refractivity contribution in [1.29, 1.82) is 0 Å². The van der Waals surface area contributed by atoms with E-state index in [4.69, 9.17) is 5.73 Å². The molecule has 104 valence electrons. The minimum Gasteiger partial charge on any atom is -0.480 e. The van der Waals surface area contributed by atoms with Gasteiger partial charge in [-0.1, -0.05) is 34.1 Å². The Bertz CT molecular complexity index is 336. The zero-order valence-corrected chi connectivity index (χ0v) is 11.6. The predicted molar refractivity (Wildman–Crippen MR) is 69.0 cm³/mol. The summed E-state index contributed by atoms with van der Waals surface area (Å²) in [4.78, 5) is 25.1. The predicted octanol–water partition coefficient (Wildman–Crippen LogP) is 1.07. The topological polar surface area (TPSA) is 83.6 Å². The van der Waals surface area contributed by atoms with Gasteiger partial charge in [0.2, 0.25) is 5.91 Å². The molecule has 1 aliphatic heterocycles. The summed E-state index contributed by atoms with van der Waals surface area (Å²) < 4.78 is 0. The highest BCUT2D eigenvalue weighted by Crippen LogP contribution is 2.29. The van der Waals surface area contributed by atoms with Gasteiger partial charge in [-0.3, -0.25) is 4.79 Å². The molecule has 0 spiro atoms. The van der Waals surface area contributed by atoms with Gasteiger partial charge in [0.25, 0.3) is 0 Å². The Morgan fingerprint density at radius 2 is 2.00 bits per heavy atom. The first-order valence-electron chi connectivity index (χ1n) is 6.49. The fourth-order valence-corrected chi connectivity index (χ4v) is 2.42. The van der Waals surface area contributed by atoms with Gasteiger partial charge in [-0.15, -0.1) is 0 Å². The SMILES string of the molecule is CC[C@@H]1CCN(C(=O)[C@@H](N)C(C)(C)C)[C@@H]1C(=O)O. The van der Waals surface area contributed by atoms with Gasteiger partial charge in [-0.05, 0) is 17.8 Å². The van der Waals surface area contributed by atoms with Crippen molar-refractivity contribution in [3.05, 3.63) is 0 Å². The maximum absolute atomic E-state index is 12.3. The average Bonchev–Trinajstić information content (AvgIpc) is 2.69. The van der Waals surface area contributed by atoms with E-state index in [-0.39, 0.29) is 17.2 Å². The van der Waals surface area contributed by atoms with E-state index in [9.17, 15) is 14.7 Å². The van der Waals surface area contributed by atoms with Gasteiger partial charge in [0.15, 0.2) is 0 Å². The highest BCUT2D eigenvalue weighted by atomic mass is 16.4. The number of aliphatic carboxylic acids is 1. The van der Waals surface area contributed by atoms with Crippen molar-refractivity contribution in [1.82, 2.24) is 4.90 Å². The van der Waals surface area contributed by atoms with Crippen molar-refractivity contribution >= 4 is 11.9 Å². The number of carbonyl (C=O) groups is 2. The lowest BCUT2D eigenvalue weighted by atomic mass is 9.86. The van der Waals surface area contributed by atoms with Crippen molar-refractivity contribution in [2.75, 3.05) is 6.54 Å². The first kappa shape index (κ1) is 15.0. The minimum atomic E-state index is -0.922. The molecule has 0 radical (unpaired) electrons. The van der Waals surface area contributed by atoms with E-state index < -0.39 is 18.1 Å². The fourth-order valence-electron chi connectivity index (χ4n) is 2.42. The number of likely N-dealkylation sites (tertiary alicyclic amines) is 1. The Labute approximate surface area is 108 Å². The quantitative estimate of drug-likeness (QED) is 0.791. The first-order valence-corrected chi connectivity index (χ1v) is 6.49. The maximum atomic E-state index is 12.3. The van der Waals surface area contributed by atoms with Crippen LogP contribution >= 0.6 is 0 Å². The molecule has 0 aromatic carbocycles. The summed E-state index contributed by atoms with van der Waals surface area (Å²) in [6, 6.07) is -1.37. The maximum Gasteiger partial charge on any atom is 0.326 e. The highest BCUT2D eigenvalue weighted by molar-refractivity contribution is 5.88. The molecule has 1 fully saturated rings. The normalized spacial score (nSPS) is 26.2. The Balaban J connectivity index is 2.89. The number of carboxylic acid groups (broad SMARTS) is 1. The van der Waals surface area contributed by atoms with Crippen molar-refractivity contribution in [2.45, 2.75) is 52.6 Å². The van der Waals surface area contributed by atoms with Gasteiger partial charge in [-0.2, -0.15) is 0 Å². The van der Waals surface area contributed by atoms with Crippen molar-refractivity contribution in [3.8, 4) is 0 Å². The van der Waals surface area contributed by atoms with Gasteiger partial charge in [-0.25, -0.2) is 4.79 Å². The molecular formula is C13H24N2O3. The summed E-state index contributed by atoms with van der Waals surface area (Å²) in [6.45, 7) is 8.12. The van der Waals surface area contributed by atoms with Gasteiger partial charge < -0.3 is 15.7 Å². The first-order chi connectivity index (χ1) is 8.20. The van der Waals surface area contributed by atoms with Crippen LogP contribution in [-0.4, -0.2) is 40.5 Å². The van der Waals surface area contributed by atoms with E-state index in [0.717, 1.165) is 12.8 Å². The van der Waals surface area contributed by atoms with E-state index in [2.05, 4.69) is 0 Å². The van der Waals surface area contributed by atoms with Crippen LogP contribution in [0.5, 0.6) is 0 Å². The van der Waals surface area contributed by atoms with E-state index in [1.165, 1.54) is 4.90 Å². The molecule has 1 aliphatic rings. The standard InChI is InChI=1S/C13H24N2O3/c1-5-8-6-7-15(9(8)12(17)18)11(16)10(14)13(2,3)4/h8-10H,5-7,14H2,1-4H3,(H,17,18)/t8-,9+,10-/m1/s1. The molecule has 0 saturated carbocycles. The third-order valence-electron chi connectivity index (χ3n) is 3.78. The van der Waals surface area contributed by atoms with Gasteiger partial charge >= 0.3 is 5.97 Å². The third-order valence-corrected chi connectivity index (χ3v) is 3.78. The Morgan fingerprint density at radius 1 is 1.44 bits per heavy atom. The molecule has 0 aliphatic carbocycles. The molecule has 0 aromatic rings. The summed E-state index contributed by atoms with van der Waals surface area (Å²) in [5.74, 6) is -1.13. The number of rotatable bonds is 3. The van der Waals surface area contributed by atoms with Crippen LogP contribution in [0.25, 0.3) is 0 Å². The lowest BCUT2D eigenvalue weighted by molar-refractivity contribution is -0.151. The summed E-state index contributed by atoms with van der Waals surface area (Å²) >= 11 is 0. The van der Waals surface area contributed by atoms with Crippen LogP contribution < -0.4 is 5.73 Å². The average molecular weight is 256 g/mol. The molecule has 0 aromatic heterocycles. The van der Waals surface area contributed by atoms with Crippen LogP contribution in [0.1, 0.15) is 40.5 Å². The molecule has 18 heavy (non-hydrogen) atoms. The Kier molecular flexibility index (Phi) is 4.37. The zero-order chi connectivity index (χ0) is 14.1. The van der Waals surface area contributed by atoms with Crippen LogP contribution in [0.2, 0.25) is 0 Å². The van der Waals surface area contributed by atoms with Gasteiger partial charge in [0, 0.05) is 6.54 Å². The van der Waals surface area contributed by atoms with Crippen molar-refractivity contribution in [2.24, 2.45) is 17.1 Å². The highest BCUT2D eigenvalue weighted by Gasteiger charge is 2.43. The second kappa shape index (κ2) is 5.26. The van der Waals surface area contributed by atoms with Crippen LogP contribution in [0.15, 0.2) is 0 Å². The van der Waals surface area contributed by atoms with Crippen LogP contribution in [0, 0.1) is 11.3 Å². The smallest absolute Gasteiger partial charge is 0.326 e. The van der Waals surface area contributed by atoms with E-state index >= 15 is 0 Å². The number of nitrogens with zero attached hydrogens (tertiary/aromatic N) is 1. The fraction of sp³-hybridized carbons (Fsp3) is 0.846. The minimum absolute atomic E-state index is 0.0404. The molecule has 1 rings (SSSR count). The second-order valence-electron chi connectivity index (χ2n) is 6.12. The van der Waals surface area contributed by atoms with Crippen molar-refractivity contribution in [3.63, 3.8) is 0 Å². The number of hydrogen-bond donors (Lipinski definition) is 2. The molecule has 1 heterocycles. The third kappa shape index (κ3) is 2.83. The molecule has 5 heteroatoms.